The van der Waals surface area contributed by atoms with Crippen molar-refractivity contribution in [2.45, 2.75) is 134 Å². The smallest absolute Gasteiger partial charge is 0.340 e. The third kappa shape index (κ3) is 11.6. The monoisotopic (exact) mass is 988 g/mol. The number of aliphatic hydroxyl groups excluding tert-OH is 3. The number of allylic oxidation sites excluding steroid dienone is 1. The molecule has 2 bridgehead atoms. The Morgan fingerprint density at radius 2 is 1.53 bits per heavy atom. The molecule has 4 aliphatic rings. The maximum absolute atomic E-state index is 15.3. The summed E-state index contributed by atoms with van der Waals surface area (Å²) in [5.41, 5.74) is 6.94. The Balaban J connectivity index is 1.16. The molecule has 1 saturated carbocycles. The van der Waals surface area contributed by atoms with Crippen molar-refractivity contribution in [2.75, 3.05) is 20.0 Å². The van der Waals surface area contributed by atoms with E-state index in [0.29, 0.717) is 43.1 Å². The van der Waals surface area contributed by atoms with Crippen molar-refractivity contribution >= 4 is 22.9 Å². The van der Waals surface area contributed by atoms with Gasteiger partial charge in [-0.15, -0.1) is 0 Å². The second-order valence-electron chi connectivity index (χ2n) is 20.7. The summed E-state index contributed by atoms with van der Waals surface area (Å²) in [5, 5.41) is 31.0. The highest BCUT2D eigenvalue weighted by Gasteiger charge is 2.53. The SMILES string of the molecule is CC(C)=C1CCc2ccc(cc2)C2CCC(c3cccc(Cc4ccccc4)c3)CC2CC(=O)OC2c3c(ccc4c(CO)c(C(CCO)COCO)c(=O)oc34)OC(C)(CCCc3ccccc3)C2OC1=O. The predicted molar refractivity (Wildman–Crippen MR) is 279 cm³/mol. The first kappa shape index (κ1) is 51.5. The number of hydrogen-bond donors (Lipinski definition) is 3. The Morgan fingerprint density at radius 1 is 0.795 bits per heavy atom. The quantitative estimate of drug-likeness (QED) is 0.0412. The summed E-state index contributed by atoms with van der Waals surface area (Å²) >= 11 is 0. The number of fused-ring (bicyclic) bond motifs is 11. The van der Waals surface area contributed by atoms with Gasteiger partial charge in [0.2, 0.25) is 0 Å². The number of esters is 2. The first-order chi connectivity index (χ1) is 35.5. The topological polar surface area (TPSA) is 162 Å². The van der Waals surface area contributed by atoms with Gasteiger partial charge in [0.15, 0.2) is 12.2 Å². The van der Waals surface area contributed by atoms with E-state index in [1.165, 1.54) is 16.7 Å². The van der Waals surface area contributed by atoms with E-state index in [1.807, 2.05) is 45.0 Å². The van der Waals surface area contributed by atoms with Crippen LogP contribution in [0.5, 0.6) is 5.75 Å². The van der Waals surface area contributed by atoms with E-state index < -0.39 is 54.7 Å². The van der Waals surface area contributed by atoms with Gasteiger partial charge in [0, 0.05) is 35.5 Å². The summed E-state index contributed by atoms with van der Waals surface area (Å²) in [6.45, 7) is 4.07. The molecule has 5 aromatic carbocycles. The fourth-order valence-electron chi connectivity index (χ4n) is 11.9. The van der Waals surface area contributed by atoms with Gasteiger partial charge in [-0.05, 0) is 154 Å². The number of ether oxygens (including phenoxy) is 4. The minimum atomic E-state index is -1.31. The third-order valence-electron chi connectivity index (χ3n) is 15.7. The van der Waals surface area contributed by atoms with Gasteiger partial charge < -0.3 is 38.7 Å². The zero-order valence-electron chi connectivity index (χ0n) is 42.2. The number of rotatable bonds is 14. The largest absolute Gasteiger partial charge is 0.483 e. The maximum atomic E-state index is 15.3. The molecule has 1 fully saturated rings. The molecule has 73 heavy (non-hydrogen) atoms. The van der Waals surface area contributed by atoms with E-state index in [-0.39, 0.29) is 71.8 Å². The molecule has 3 N–H and O–H groups in total. The molecule has 4 heterocycles. The highest BCUT2D eigenvalue weighted by atomic mass is 16.6. The molecule has 1 aromatic heterocycles. The van der Waals surface area contributed by atoms with Gasteiger partial charge in [0.05, 0.1) is 18.8 Å². The summed E-state index contributed by atoms with van der Waals surface area (Å²) in [6, 6.07) is 41.5. The molecule has 3 aliphatic heterocycles. The molecule has 7 atom stereocenters. The molecule has 1 aliphatic carbocycles. The predicted octanol–water partition coefficient (Wildman–Crippen LogP) is 11.0. The van der Waals surface area contributed by atoms with Crippen LogP contribution in [-0.2, 0) is 49.7 Å². The normalized spacial score (nSPS) is 22.6. The summed E-state index contributed by atoms with van der Waals surface area (Å²) < 4.78 is 32.2. The van der Waals surface area contributed by atoms with Crippen LogP contribution in [0.1, 0.15) is 146 Å². The highest BCUT2D eigenvalue weighted by Crippen LogP contribution is 2.51. The maximum Gasteiger partial charge on any atom is 0.340 e. The van der Waals surface area contributed by atoms with Crippen molar-refractivity contribution in [3.63, 3.8) is 0 Å². The third-order valence-corrected chi connectivity index (χ3v) is 15.7. The molecular formula is C62H68O11. The molecule has 6 aromatic rings. The lowest BCUT2D eigenvalue weighted by Crippen LogP contribution is -2.54. The van der Waals surface area contributed by atoms with E-state index in [0.717, 1.165) is 47.9 Å². The van der Waals surface area contributed by atoms with E-state index in [9.17, 15) is 24.9 Å². The van der Waals surface area contributed by atoms with E-state index >= 15 is 4.79 Å². The van der Waals surface area contributed by atoms with Crippen molar-refractivity contribution in [1.29, 1.82) is 0 Å². The van der Waals surface area contributed by atoms with Crippen LogP contribution in [-0.4, -0.2) is 59.0 Å². The lowest BCUT2D eigenvalue weighted by molar-refractivity contribution is -0.192. The molecule has 7 unspecified atom stereocenters. The van der Waals surface area contributed by atoms with E-state index in [4.69, 9.17) is 23.4 Å². The Bertz CT molecular complexity index is 2960. The molecule has 10 rings (SSSR count). The molecule has 11 nitrogen and oxygen atoms in total. The number of aryl methyl sites for hydroxylation is 2. The number of hydrogen-bond acceptors (Lipinski definition) is 11. The lowest BCUT2D eigenvalue weighted by Gasteiger charge is -2.45. The van der Waals surface area contributed by atoms with Crippen LogP contribution in [0.2, 0.25) is 0 Å². The average Bonchev–Trinajstić information content (AvgIpc) is 3.39. The first-order valence-corrected chi connectivity index (χ1v) is 26.0. The Morgan fingerprint density at radius 3 is 2.25 bits per heavy atom. The number of carbonyl (C=O) groups is 2. The molecule has 382 valence electrons. The van der Waals surface area contributed by atoms with Gasteiger partial charge >= 0.3 is 17.6 Å². The zero-order valence-corrected chi connectivity index (χ0v) is 42.2. The van der Waals surface area contributed by atoms with Crippen molar-refractivity contribution in [2.24, 2.45) is 5.92 Å². The van der Waals surface area contributed by atoms with Crippen LogP contribution in [0.15, 0.2) is 142 Å². The minimum absolute atomic E-state index is 0.0219. The van der Waals surface area contributed by atoms with Crippen molar-refractivity contribution in [3.8, 4) is 5.75 Å². The fourth-order valence-corrected chi connectivity index (χ4v) is 11.9. The molecule has 0 spiro atoms. The fraction of sp³-hybridized carbons (Fsp3) is 0.403. The van der Waals surface area contributed by atoms with Crippen LogP contribution in [0.25, 0.3) is 11.0 Å². The molecule has 11 heteroatoms. The van der Waals surface area contributed by atoms with Gasteiger partial charge in [-0.25, -0.2) is 9.59 Å². The number of carbonyl (C=O) groups excluding carboxylic acids is 2. The van der Waals surface area contributed by atoms with E-state index in [1.54, 1.807) is 12.1 Å². The second kappa shape index (κ2) is 23.2. The minimum Gasteiger partial charge on any atom is -0.483 e. The number of benzene rings is 5. The number of aliphatic hydroxyl groups is 3. The van der Waals surface area contributed by atoms with Crippen molar-refractivity contribution in [3.05, 3.63) is 193 Å². The standard InChI is InChI=1S/C62H68O11/c1-39(2)49-25-21-41-19-22-44(23-20-41)50-26-24-46(45-18-10-16-43(33-45)32-42-14-8-5-9-15-42)34-48(50)35-54(66)70-58-56-53(73-62(3,59(58)72-60(49)67)30-11-17-40-12-6-4-7-13-40)28-27-51-52(36-64)55(61(68)71-57(51)56)47(29-31-63)37-69-38-65/h4-10,12-16,18-20,22-23,27-28,33,46-48,50,58-59,63-65H,11,17,21,24-26,29-32,34-38H2,1-3H3. The summed E-state index contributed by atoms with van der Waals surface area (Å²) in [7, 11) is 0. The van der Waals surface area contributed by atoms with Crippen molar-refractivity contribution in [1.82, 2.24) is 0 Å². The summed E-state index contributed by atoms with van der Waals surface area (Å²) in [5.74, 6) is -1.34. The van der Waals surface area contributed by atoms with Gasteiger partial charge in [0.1, 0.15) is 23.7 Å². The average molecular weight is 989 g/mol. The zero-order chi connectivity index (χ0) is 51.1. The van der Waals surface area contributed by atoms with Crippen LogP contribution < -0.4 is 10.4 Å². The van der Waals surface area contributed by atoms with Crippen LogP contribution in [0, 0.1) is 5.92 Å². The summed E-state index contributed by atoms with van der Waals surface area (Å²) in [4.78, 5) is 44.5. The van der Waals surface area contributed by atoms with Crippen LogP contribution >= 0.6 is 0 Å². The van der Waals surface area contributed by atoms with Gasteiger partial charge in [-0.1, -0.05) is 115 Å². The Labute approximate surface area is 427 Å². The van der Waals surface area contributed by atoms with Gasteiger partial charge in [-0.2, -0.15) is 0 Å². The van der Waals surface area contributed by atoms with Gasteiger partial charge in [-0.3, -0.25) is 4.79 Å². The van der Waals surface area contributed by atoms with Gasteiger partial charge in [0.25, 0.3) is 0 Å². The van der Waals surface area contributed by atoms with Crippen LogP contribution in [0.4, 0.5) is 0 Å². The Hall–Kier alpha value is -6.37. The first-order valence-electron chi connectivity index (χ1n) is 26.0. The molecular weight excluding hydrogens is 921 g/mol. The second-order valence-corrected chi connectivity index (χ2v) is 20.7. The van der Waals surface area contributed by atoms with Crippen LogP contribution in [0.3, 0.4) is 0 Å². The summed E-state index contributed by atoms with van der Waals surface area (Å²) in [6.07, 6.45) is 3.77. The van der Waals surface area contributed by atoms with Crippen molar-refractivity contribution < 1.29 is 48.3 Å². The molecule has 0 saturated heterocycles. The molecule has 0 amide bonds. The highest BCUT2D eigenvalue weighted by molar-refractivity contribution is 5.90. The van der Waals surface area contributed by atoms with E-state index in [2.05, 4.69) is 84.9 Å². The lowest BCUT2D eigenvalue weighted by atomic mass is 9.68. The molecule has 0 radical (unpaired) electrons. The Kier molecular flexibility index (Phi) is 16.4.